The zero-order chi connectivity index (χ0) is 15.2. The maximum absolute atomic E-state index is 6.19. The van der Waals surface area contributed by atoms with E-state index in [0.29, 0.717) is 12.5 Å². The van der Waals surface area contributed by atoms with Gasteiger partial charge in [0.2, 0.25) is 0 Å². The van der Waals surface area contributed by atoms with Gasteiger partial charge >= 0.3 is 0 Å². The lowest BCUT2D eigenvalue weighted by Gasteiger charge is -2.17. The Bertz CT molecular complexity index is 598. The molecule has 0 fully saturated rings. The maximum Gasteiger partial charge on any atom is 0.130 e. The highest BCUT2D eigenvalue weighted by Gasteiger charge is 2.12. The van der Waals surface area contributed by atoms with Gasteiger partial charge in [-0.3, -0.25) is 0 Å². The van der Waals surface area contributed by atoms with Gasteiger partial charge in [-0.15, -0.1) is 0 Å². The quantitative estimate of drug-likeness (QED) is 0.773. The van der Waals surface area contributed by atoms with Crippen LogP contribution in [0, 0.1) is 0 Å². The van der Waals surface area contributed by atoms with Gasteiger partial charge in [-0.2, -0.15) is 0 Å². The minimum absolute atomic E-state index is 0.481. The minimum atomic E-state index is 0.481. The normalized spacial score (nSPS) is 12.2. The molecule has 0 bridgehead atoms. The van der Waals surface area contributed by atoms with E-state index >= 15 is 0 Å². The Balaban J connectivity index is 2.34. The zero-order valence-corrected chi connectivity index (χ0v) is 14.2. The molecule has 0 heterocycles. The van der Waals surface area contributed by atoms with Gasteiger partial charge in [0.25, 0.3) is 0 Å². The molecule has 2 aromatic rings. The van der Waals surface area contributed by atoms with E-state index in [4.69, 9.17) is 10.5 Å². The summed E-state index contributed by atoms with van der Waals surface area (Å²) in [6.45, 7) is 5.03. The van der Waals surface area contributed by atoms with E-state index < -0.39 is 0 Å². The molecule has 0 aliphatic carbocycles. The molecule has 2 rings (SSSR count). The van der Waals surface area contributed by atoms with E-state index in [2.05, 4.69) is 48.0 Å². The molecule has 0 saturated heterocycles. The van der Waals surface area contributed by atoms with E-state index in [1.54, 1.807) is 0 Å². The molecule has 1 unspecified atom stereocenters. The molecule has 0 aliphatic heterocycles. The topological polar surface area (TPSA) is 35.2 Å². The molecule has 112 valence electrons. The van der Waals surface area contributed by atoms with Crippen molar-refractivity contribution in [2.75, 3.05) is 6.54 Å². The molecule has 0 spiro atoms. The van der Waals surface area contributed by atoms with Crippen LogP contribution >= 0.6 is 15.9 Å². The van der Waals surface area contributed by atoms with Crippen LogP contribution in [0.5, 0.6) is 11.5 Å². The lowest BCUT2D eigenvalue weighted by molar-refractivity contribution is 0.464. The molecule has 0 radical (unpaired) electrons. The van der Waals surface area contributed by atoms with E-state index in [1.165, 1.54) is 5.56 Å². The summed E-state index contributed by atoms with van der Waals surface area (Å²) in [6.07, 6.45) is 1.90. The number of hydrogen-bond acceptors (Lipinski definition) is 2. The van der Waals surface area contributed by atoms with Gasteiger partial charge in [-0.25, -0.2) is 0 Å². The molecule has 2 N–H and O–H groups in total. The SMILES string of the molecule is CCC(C)c1ccccc1Oc1ccc(Br)cc1CCN. The first-order valence-corrected chi connectivity index (χ1v) is 8.20. The average molecular weight is 348 g/mol. The van der Waals surface area contributed by atoms with Crippen LogP contribution in [0.2, 0.25) is 0 Å². The monoisotopic (exact) mass is 347 g/mol. The molecule has 0 aromatic heterocycles. The third kappa shape index (κ3) is 4.08. The fraction of sp³-hybridized carbons (Fsp3) is 0.333. The van der Waals surface area contributed by atoms with Crippen LogP contribution in [0.1, 0.15) is 37.3 Å². The Labute approximate surface area is 135 Å². The fourth-order valence-electron chi connectivity index (χ4n) is 2.32. The highest BCUT2D eigenvalue weighted by atomic mass is 79.9. The summed E-state index contributed by atoms with van der Waals surface area (Å²) in [5, 5.41) is 0. The number of para-hydroxylation sites is 1. The van der Waals surface area contributed by atoms with E-state index in [9.17, 15) is 0 Å². The Morgan fingerprint density at radius 2 is 1.90 bits per heavy atom. The summed E-state index contributed by atoms with van der Waals surface area (Å²) in [4.78, 5) is 0. The van der Waals surface area contributed by atoms with Crippen LogP contribution in [-0.2, 0) is 6.42 Å². The Kier molecular flexibility index (Phi) is 5.83. The van der Waals surface area contributed by atoms with Crippen LogP contribution in [0.4, 0.5) is 0 Å². The third-order valence-electron chi connectivity index (χ3n) is 3.72. The van der Waals surface area contributed by atoms with Crippen LogP contribution in [0.25, 0.3) is 0 Å². The van der Waals surface area contributed by atoms with Crippen molar-refractivity contribution >= 4 is 15.9 Å². The van der Waals surface area contributed by atoms with E-state index in [-0.39, 0.29) is 0 Å². The predicted octanol–water partition coefficient (Wildman–Crippen LogP) is 5.26. The number of hydrogen-bond donors (Lipinski definition) is 1. The van der Waals surface area contributed by atoms with Crippen molar-refractivity contribution in [3.8, 4) is 11.5 Å². The van der Waals surface area contributed by atoms with Gasteiger partial charge in [0.1, 0.15) is 11.5 Å². The summed E-state index contributed by atoms with van der Waals surface area (Å²) in [5.74, 6) is 2.31. The number of nitrogens with two attached hydrogens (primary N) is 1. The molecule has 0 amide bonds. The van der Waals surface area contributed by atoms with Crippen molar-refractivity contribution in [2.45, 2.75) is 32.6 Å². The molecule has 0 saturated carbocycles. The van der Waals surface area contributed by atoms with E-state index in [1.807, 2.05) is 24.3 Å². The molecule has 2 nitrogen and oxygen atoms in total. The highest BCUT2D eigenvalue weighted by molar-refractivity contribution is 9.10. The molecule has 1 atom stereocenters. The molecule has 0 aliphatic rings. The van der Waals surface area contributed by atoms with Gasteiger partial charge < -0.3 is 10.5 Å². The smallest absolute Gasteiger partial charge is 0.130 e. The standard InChI is InChI=1S/C18H22BrNO/c1-3-13(2)16-6-4-5-7-18(16)21-17-9-8-15(19)12-14(17)10-11-20/h4-9,12-13H,3,10-11,20H2,1-2H3. The number of halogens is 1. The lowest BCUT2D eigenvalue weighted by Crippen LogP contribution is -2.04. The zero-order valence-electron chi connectivity index (χ0n) is 12.6. The summed E-state index contributed by atoms with van der Waals surface area (Å²) in [7, 11) is 0. The molecule has 21 heavy (non-hydrogen) atoms. The summed E-state index contributed by atoms with van der Waals surface area (Å²) < 4.78 is 7.24. The van der Waals surface area contributed by atoms with Crippen molar-refractivity contribution in [1.82, 2.24) is 0 Å². The summed E-state index contributed by atoms with van der Waals surface area (Å²) in [6, 6.07) is 14.3. The van der Waals surface area contributed by atoms with Crippen LogP contribution in [0.3, 0.4) is 0 Å². The second-order valence-electron chi connectivity index (χ2n) is 5.24. The average Bonchev–Trinajstić information content (AvgIpc) is 2.50. The molecule has 2 aromatic carbocycles. The number of ether oxygens (including phenoxy) is 1. The van der Waals surface area contributed by atoms with Gasteiger partial charge in [0.15, 0.2) is 0 Å². The Morgan fingerprint density at radius 3 is 2.62 bits per heavy atom. The number of rotatable bonds is 6. The fourth-order valence-corrected chi connectivity index (χ4v) is 2.73. The summed E-state index contributed by atoms with van der Waals surface area (Å²) in [5.41, 5.74) is 8.08. The van der Waals surface area contributed by atoms with Crippen molar-refractivity contribution in [2.24, 2.45) is 5.73 Å². The maximum atomic E-state index is 6.19. The Hall–Kier alpha value is -1.32. The van der Waals surface area contributed by atoms with Gasteiger partial charge in [0.05, 0.1) is 0 Å². The largest absolute Gasteiger partial charge is 0.457 e. The predicted molar refractivity (Wildman–Crippen MR) is 92.1 cm³/mol. The first-order chi connectivity index (χ1) is 10.2. The van der Waals surface area contributed by atoms with Crippen molar-refractivity contribution < 1.29 is 4.74 Å². The van der Waals surface area contributed by atoms with Crippen molar-refractivity contribution in [3.63, 3.8) is 0 Å². The minimum Gasteiger partial charge on any atom is -0.457 e. The van der Waals surface area contributed by atoms with Gasteiger partial charge in [-0.05, 0) is 60.7 Å². The molecular formula is C18H22BrNO. The third-order valence-corrected chi connectivity index (χ3v) is 4.21. The highest BCUT2D eigenvalue weighted by Crippen LogP contribution is 2.34. The Morgan fingerprint density at radius 1 is 1.14 bits per heavy atom. The van der Waals surface area contributed by atoms with Gasteiger partial charge in [-0.1, -0.05) is 48.0 Å². The lowest BCUT2D eigenvalue weighted by atomic mass is 9.98. The first-order valence-electron chi connectivity index (χ1n) is 7.41. The van der Waals surface area contributed by atoms with Crippen LogP contribution in [0.15, 0.2) is 46.9 Å². The molecule has 3 heteroatoms. The second-order valence-corrected chi connectivity index (χ2v) is 6.16. The second kappa shape index (κ2) is 7.62. The summed E-state index contributed by atoms with van der Waals surface area (Å²) >= 11 is 3.50. The number of benzene rings is 2. The van der Waals surface area contributed by atoms with Crippen molar-refractivity contribution in [3.05, 3.63) is 58.1 Å². The first kappa shape index (κ1) is 16.1. The molecular weight excluding hydrogens is 326 g/mol. The van der Waals surface area contributed by atoms with Gasteiger partial charge in [0, 0.05) is 4.47 Å². The van der Waals surface area contributed by atoms with Crippen LogP contribution < -0.4 is 10.5 Å². The van der Waals surface area contributed by atoms with Crippen LogP contribution in [-0.4, -0.2) is 6.54 Å². The van der Waals surface area contributed by atoms with E-state index in [0.717, 1.165) is 34.4 Å². The van der Waals surface area contributed by atoms with Crippen molar-refractivity contribution in [1.29, 1.82) is 0 Å².